The molecule has 0 unspecified atom stereocenters. The average Bonchev–Trinajstić information content (AvgIpc) is 2.99. The Balaban J connectivity index is 1.70. The number of benzene rings is 2. The van der Waals surface area contributed by atoms with Gasteiger partial charge in [-0.1, -0.05) is 81.1 Å². The molecule has 0 saturated heterocycles. The van der Waals surface area contributed by atoms with Crippen molar-refractivity contribution in [2.75, 3.05) is 6.54 Å². The largest absolute Gasteiger partial charge is 0.355 e. The average molecular weight is 348 g/mol. The summed E-state index contributed by atoms with van der Waals surface area (Å²) in [5.41, 5.74) is 4.29. The standard InChI is InChI=1S/C24H29NO/c1-2-16-24(23(26)25-17-18-10-4-3-5-11-18)21-14-8-6-12-19(21)20-13-7-9-15-22(20)24/h6-9,12-15,18H,2-5,10-11,16-17H2,1H3,(H,25,26). The monoisotopic (exact) mass is 347 g/mol. The molecule has 2 aromatic carbocycles. The zero-order valence-corrected chi connectivity index (χ0v) is 15.8. The lowest BCUT2D eigenvalue weighted by atomic mass is 9.73. The highest BCUT2D eigenvalue weighted by atomic mass is 16.2. The van der Waals surface area contributed by atoms with Crippen LogP contribution in [-0.4, -0.2) is 12.5 Å². The van der Waals surface area contributed by atoms with Crippen molar-refractivity contribution in [3.05, 3.63) is 59.7 Å². The third kappa shape index (κ3) is 2.76. The van der Waals surface area contributed by atoms with Gasteiger partial charge in [-0.25, -0.2) is 0 Å². The van der Waals surface area contributed by atoms with Crippen LogP contribution in [0.3, 0.4) is 0 Å². The molecule has 26 heavy (non-hydrogen) atoms. The summed E-state index contributed by atoms with van der Waals surface area (Å²) in [6.45, 7) is 3.01. The number of nitrogens with one attached hydrogen (secondary N) is 1. The highest BCUT2D eigenvalue weighted by molar-refractivity contribution is 6.00. The minimum atomic E-state index is -0.531. The van der Waals surface area contributed by atoms with Gasteiger partial charge in [-0.15, -0.1) is 0 Å². The van der Waals surface area contributed by atoms with E-state index in [0.717, 1.165) is 19.4 Å². The van der Waals surface area contributed by atoms with Crippen LogP contribution < -0.4 is 5.32 Å². The summed E-state index contributed by atoms with van der Waals surface area (Å²) >= 11 is 0. The second-order valence-electron chi connectivity index (χ2n) is 7.96. The first-order chi connectivity index (χ1) is 12.8. The van der Waals surface area contributed by atoms with Gasteiger partial charge in [0, 0.05) is 6.54 Å². The summed E-state index contributed by atoms with van der Waals surface area (Å²) in [6.07, 6.45) is 8.34. The summed E-state index contributed by atoms with van der Waals surface area (Å²) < 4.78 is 0. The number of hydrogen-bond donors (Lipinski definition) is 1. The fourth-order valence-electron chi connectivity index (χ4n) is 5.11. The summed E-state index contributed by atoms with van der Waals surface area (Å²) in [5, 5.41) is 3.36. The van der Waals surface area contributed by atoms with E-state index < -0.39 is 5.41 Å². The number of carbonyl (C=O) groups excluding carboxylic acids is 1. The lowest BCUT2D eigenvalue weighted by Gasteiger charge is -2.32. The lowest BCUT2D eigenvalue weighted by molar-refractivity contribution is -0.125. The minimum absolute atomic E-state index is 0.197. The highest BCUT2D eigenvalue weighted by Gasteiger charge is 2.48. The van der Waals surface area contributed by atoms with Crippen molar-refractivity contribution in [2.45, 2.75) is 57.3 Å². The van der Waals surface area contributed by atoms with Gasteiger partial charge in [-0.2, -0.15) is 0 Å². The van der Waals surface area contributed by atoms with Gasteiger partial charge in [0.05, 0.1) is 0 Å². The zero-order valence-electron chi connectivity index (χ0n) is 15.8. The van der Waals surface area contributed by atoms with Gasteiger partial charge in [0.15, 0.2) is 0 Å². The fraction of sp³-hybridized carbons (Fsp3) is 0.458. The van der Waals surface area contributed by atoms with E-state index >= 15 is 0 Å². The molecule has 2 aliphatic carbocycles. The summed E-state index contributed by atoms with van der Waals surface area (Å²) in [6, 6.07) is 17.0. The van der Waals surface area contributed by atoms with E-state index in [2.05, 4.69) is 60.8 Å². The minimum Gasteiger partial charge on any atom is -0.355 e. The van der Waals surface area contributed by atoms with E-state index in [1.807, 2.05) is 0 Å². The van der Waals surface area contributed by atoms with Gasteiger partial charge in [-0.05, 0) is 47.4 Å². The molecular formula is C24H29NO. The zero-order chi connectivity index (χ0) is 18.0. The van der Waals surface area contributed by atoms with Gasteiger partial charge >= 0.3 is 0 Å². The Morgan fingerprint density at radius 1 is 0.962 bits per heavy atom. The SMILES string of the molecule is CCCC1(C(=O)NCC2CCCCC2)c2ccccc2-c2ccccc21. The first-order valence-electron chi connectivity index (χ1n) is 10.2. The van der Waals surface area contributed by atoms with Crippen LogP contribution in [0.15, 0.2) is 48.5 Å². The molecule has 1 amide bonds. The molecule has 0 spiro atoms. The van der Waals surface area contributed by atoms with E-state index in [4.69, 9.17) is 0 Å². The Bertz CT molecular complexity index is 743. The number of carbonyl (C=O) groups is 1. The van der Waals surface area contributed by atoms with Crippen LogP contribution in [0.5, 0.6) is 0 Å². The van der Waals surface area contributed by atoms with Crippen molar-refractivity contribution >= 4 is 5.91 Å². The Labute approximate surface area is 157 Å². The molecule has 1 saturated carbocycles. The topological polar surface area (TPSA) is 29.1 Å². The molecule has 2 aliphatic rings. The van der Waals surface area contributed by atoms with Crippen molar-refractivity contribution in [3.8, 4) is 11.1 Å². The van der Waals surface area contributed by atoms with E-state index in [1.54, 1.807) is 0 Å². The van der Waals surface area contributed by atoms with Gasteiger partial charge in [0.25, 0.3) is 0 Å². The van der Waals surface area contributed by atoms with Crippen molar-refractivity contribution in [3.63, 3.8) is 0 Å². The summed E-state index contributed by atoms with van der Waals surface area (Å²) in [5.74, 6) is 0.848. The smallest absolute Gasteiger partial charge is 0.235 e. The van der Waals surface area contributed by atoms with E-state index in [9.17, 15) is 4.79 Å². The Kier molecular flexibility index (Phi) is 4.84. The summed E-state index contributed by atoms with van der Waals surface area (Å²) in [4.78, 5) is 13.6. The van der Waals surface area contributed by atoms with Gasteiger partial charge < -0.3 is 5.32 Å². The quantitative estimate of drug-likeness (QED) is 0.765. The number of hydrogen-bond acceptors (Lipinski definition) is 1. The first kappa shape index (κ1) is 17.3. The molecular weight excluding hydrogens is 318 g/mol. The third-order valence-corrected chi connectivity index (χ3v) is 6.35. The van der Waals surface area contributed by atoms with Crippen molar-refractivity contribution in [1.82, 2.24) is 5.32 Å². The maximum Gasteiger partial charge on any atom is 0.235 e. The Morgan fingerprint density at radius 3 is 2.12 bits per heavy atom. The molecule has 4 rings (SSSR count). The molecule has 1 fully saturated rings. The van der Waals surface area contributed by atoms with Crippen LogP contribution in [0, 0.1) is 5.92 Å². The van der Waals surface area contributed by atoms with Crippen LogP contribution in [0.2, 0.25) is 0 Å². The van der Waals surface area contributed by atoms with Crippen LogP contribution in [0.25, 0.3) is 11.1 Å². The predicted molar refractivity (Wildman–Crippen MR) is 107 cm³/mol. The molecule has 1 N–H and O–H groups in total. The van der Waals surface area contributed by atoms with Gasteiger partial charge in [0.2, 0.25) is 5.91 Å². The Morgan fingerprint density at radius 2 is 1.54 bits per heavy atom. The van der Waals surface area contributed by atoms with Crippen molar-refractivity contribution in [1.29, 1.82) is 0 Å². The molecule has 0 bridgehead atoms. The normalized spacial score (nSPS) is 18.2. The second-order valence-corrected chi connectivity index (χ2v) is 7.96. The maximum atomic E-state index is 13.6. The molecule has 0 aromatic heterocycles. The highest BCUT2D eigenvalue weighted by Crippen LogP contribution is 2.51. The van der Waals surface area contributed by atoms with E-state index in [-0.39, 0.29) is 5.91 Å². The van der Waals surface area contributed by atoms with E-state index in [1.165, 1.54) is 54.4 Å². The van der Waals surface area contributed by atoms with E-state index in [0.29, 0.717) is 5.92 Å². The second kappa shape index (κ2) is 7.26. The van der Waals surface area contributed by atoms with Crippen LogP contribution in [-0.2, 0) is 10.2 Å². The Hall–Kier alpha value is -2.09. The maximum absolute atomic E-state index is 13.6. The van der Waals surface area contributed by atoms with Crippen molar-refractivity contribution in [2.24, 2.45) is 5.92 Å². The number of rotatable bonds is 5. The van der Waals surface area contributed by atoms with Gasteiger partial charge in [0.1, 0.15) is 5.41 Å². The molecule has 0 radical (unpaired) electrons. The van der Waals surface area contributed by atoms with Crippen LogP contribution >= 0.6 is 0 Å². The predicted octanol–water partition coefficient (Wildman–Crippen LogP) is 5.45. The van der Waals surface area contributed by atoms with Crippen LogP contribution in [0.4, 0.5) is 0 Å². The molecule has 2 aromatic rings. The lowest BCUT2D eigenvalue weighted by Crippen LogP contribution is -2.45. The molecule has 2 nitrogen and oxygen atoms in total. The van der Waals surface area contributed by atoms with Gasteiger partial charge in [-0.3, -0.25) is 4.79 Å². The molecule has 0 aliphatic heterocycles. The number of fused-ring (bicyclic) bond motifs is 3. The van der Waals surface area contributed by atoms with Crippen molar-refractivity contribution < 1.29 is 4.79 Å². The summed E-state index contributed by atoms with van der Waals surface area (Å²) in [7, 11) is 0. The number of amides is 1. The molecule has 136 valence electrons. The molecule has 0 atom stereocenters. The first-order valence-corrected chi connectivity index (χ1v) is 10.2. The fourth-order valence-corrected chi connectivity index (χ4v) is 5.11. The van der Waals surface area contributed by atoms with Crippen LogP contribution in [0.1, 0.15) is 63.0 Å². The third-order valence-electron chi connectivity index (χ3n) is 6.35. The molecule has 0 heterocycles. The molecule has 2 heteroatoms.